The van der Waals surface area contributed by atoms with E-state index in [-0.39, 0.29) is 17.7 Å². The van der Waals surface area contributed by atoms with Gasteiger partial charge >= 0.3 is 6.01 Å². The van der Waals surface area contributed by atoms with Gasteiger partial charge in [-0.3, -0.25) is 4.79 Å². The summed E-state index contributed by atoms with van der Waals surface area (Å²) in [4.78, 5) is 16.8. The van der Waals surface area contributed by atoms with E-state index in [9.17, 15) is 9.18 Å². The Balaban J connectivity index is 1.47. The highest BCUT2D eigenvalue weighted by Gasteiger charge is 2.17. The smallest absolute Gasteiger partial charge is 0.336 e. The highest BCUT2D eigenvalue weighted by molar-refractivity contribution is 5.90. The number of halogens is 1. The molecule has 1 aliphatic rings. The van der Waals surface area contributed by atoms with Crippen molar-refractivity contribution in [2.45, 2.75) is 45.4 Å². The molecule has 0 bridgehead atoms. The van der Waals surface area contributed by atoms with Crippen LogP contribution in [-0.4, -0.2) is 40.5 Å². The molecule has 1 aliphatic carbocycles. The number of nitrogens with zero attached hydrogens (tertiary/aromatic N) is 3. The van der Waals surface area contributed by atoms with Gasteiger partial charge in [0.1, 0.15) is 12.4 Å². The van der Waals surface area contributed by atoms with Crippen LogP contribution in [0.2, 0.25) is 0 Å². The number of benzene rings is 2. The number of rotatable bonds is 11. The molecule has 1 heterocycles. The molecule has 1 amide bonds. The molecule has 0 aliphatic heterocycles. The Morgan fingerprint density at radius 3 is 2.68 bits per heavy atom. The minimum absolute atomic E-state index is 0.0332. The normalized spacial score (nSPS) is 13.8. The summed E-state index contributed by atoms with van der Waals surface area (Å²) >= 11 is 0. The summed E-state index contributed by atoms with van der Waals surface area (Å²) in [6.07, 6.45) is 6.54. The molecule has 0 unspecified atom stereocenters. The van der Waals surface area contributed by atoms with E-state index in [1.807, 2.05) is 31.2 Å². The monoisotopic (exact) mass is 466 g/mol. The van der Waals surface area contributed by atoms with Crippen LogP contribution in [0.4, 0.5) is 10.1 Å². The maximum atomic E-state index is 13.9. The quantitative estimate of drug-likeness (QED) is 0.383. The minimum Gasteiger partial charge on any atom is -0.460 e. The van der Waals surface area contributed by atoms with Crippen LogP contribution in [0.25, 0.3) is 17.1 Å². The highest BCUT2D eigenvalue weighted by Crippen LogP contribution is 2.29. The highest BCUT2D eigenvalue weighted by atomic mass is 19.1. The third-order valence-electron chi connectivity index (χ3n) is 5.98. The Morgan fingerprint density at radius 2 is 1.94 bits per heavy atom. The number of hydrogen-bond donors (Lipinski definition) is 1. The molecule has 1 saturated carbocycles. The number of carbonyl (C=O) groups is 1. The number of aromatic nitrogens is 3. The second-order valence-electron chi connectivity index (χ2n) is 8.47. The van der Waals surface area contributed by atoms with Crippen molar-refractivity contribution < 1.29 is 18.7 Å². The molecule has 2 aromatic carbocycles. The molecule has 8 heteroatoms. The third kappa shape index (κ3) is 6.41. The van der Waals surface area contributed by atoms with Crippen LogP contribution in [0.15, 0.2) is 48.5 Å². The van der Waals surface area contributed by atoms with E-state index in [4.69, 9.17) is 9.47 Å². The zero-order valence-corrected chi connectivity index (χ0v) is 19.5. The first-order valence-electron chi connectivity index (χ1n) is 12.0. The number of hydrogen-bond acceptors (Lipinski definition) is 5. The lowest BCUT2D eigenvalue weighted by molar-refractivity contribution is -0.116. The lowest BCUT2D eigenvalue weighted by Crippen LogP contribution is -2.12. The van der Waals surface area contributed by atoms with E-state index in [2.05, 4.69) is 15.4 Å². The molecular weight excluding hydrogens is 435 g/mol. The van der Waals surface area contributed by atoms with Crippen LogP contribution < -0.4 is 10.1 Å². The average Bonchev–Trinajstić information content (AvgIpc) is 3.51. The van der Waals surface area contributed by atoms with Crippen molar-refractivity contribution in [2.75, 3.05) is 25.1 Å². The van der Waals surface area contributed by atoms with E-state index < -0.39 is 0 Å². The van der Waals surface area contributed by atoms with Crippen molar-refractivity contribution in [2.24, 2.45) is 5.92 Å². The van der Waals surface area contributed by atoms with Crippen LogP contribution in [0, 0.1) is 11.7 Å². The number of anilines is 1. The van der Waals surface area contributed by atoms with E-state index in [0.717, 1.165) is 17.8 Å². The summed E-state index contributed by atoms with van der Waals surface area (Å²) in [5, 5.41) is 7.44. The Labute approximate surface area is 199 Å². The molecule has 0 spiro atoms. The van der Waals surface area contributed by atoms with Crippen molar-refractivity contribution >= 4 is 11.6 Å². The number of amides is 1. The van der Waals surface area contributed by atoms with E-state index in [0.29, 0.717) is 43.5 Å². The Hall–Kier alpha value is -3.26. The Bertz CT molecular complexity index is 1080. The molecule has 0 atom stereocenters. The minimum atomic E-state index is -0.360. The van der Waals surface area contributed by atoms with Gasteiger partial charge in [0.2, 0.25) is 5.91 Å². The maximum absolute atomic E-state index is 13.9. The second kappa shape index (κ2) is 11.7. The predicted molar refractivity (Wildman–Crippen MR) is 129 cm³/mol. The van der Waals surface area contributed by atoms with E-state index in [1.54, 1.807) is 16.8 Å². The van der Waals surface area contributed by atoms with E-state index >= 15 is 0 Å². The molecule has 0 saturated heterocycles. The maximum Gasteiger partial charge on any atom is 0.336 e. The first-order valence-corrected chi connectivity index (χ1v) is 12.0. The molecule has 1 aromatic heterocycles. The van der Waals surface area contributed by atoms with Crippen LogP contribution in [0.3, 0.4) is 0 Å². The summed E-state index contributed by atoms with van der Waals surface area (Å²) in [5.74, 6) is 0.818. The molecule has 7 nitrogen and oxygen atoms in total. The standard InChI is InChI=1S/C26H31FN4O3/c1-2-33-16-17-34-26-29-25(20-8-5-9-21(27)18-20)31(30-26)23-13-11-22(12-14-23)28-24(32)15-10-19-6-3-4-7-19/h5,8-9,11-14,18-19H,2-4,6-7,10,15-17H2,1H3,(H,28,32). The number of nitrogens with one attached hydrogen (secondary N) is 1. The molecule has 1 fully saturated rings. The zero-order valence-electron chi connectivity index (χ0n) is 19.5. The van der Waals surface area contributed by atoms with Crippen molar-refractivity contribution in [3.05, 3.63) is 54.3 Å². The molecule has 3 aromatic rings. The fourth-order valence-corrected chi connectivity index (χ4v) is 4.23. The van der Waals surface area contributed by atoms with Gasteiger partial charge in [0, 0.05) is 24.3 Å². The van der Waals surface area contributed by atoms with Gasteiger partial charge in [-0.25, -0.2) is 9.07 Å². The van der Waals surface area contributed by atoms with Crippen molar-refractivity contribution in [1.29, 1.82) is 0 Å². The SMILES string of the molecule is CCOCCOc1nc(-c2cccc(F)c2)n(-c2ccc(NC(=O)CCC3CCCC3)cc2)n1. The van der Waals surface area contributed by atoms with Crippen LogP contribution in [-0.2, 0) is 9.53 Å². The summed E-state index contributed by atoms with van der Waals surface area (Å²) in [7, 11) is 0. The van der Waals surface area contributed by atoms with Gasteiger partial charge in [-0.05, 0) is 55.7 Å². The number of carbonyl (C=O) groups excluding carboxylic acids is 1. The van der Waals surface area contributed by atoms with Gasteiger partial charge in [0.15, 0.2) is 5.82 Å². The Morgan fingerprint density at radius 1 is 1.15 bits per heavy atom. The van der Waals surface area contributed by atoms with Gasteiger partial charge in [-0.2, -0.15) is 4.98 Å². The summed E-state index contributed by atoms with van der Waals surface area (Å²) in [6, 6.07) is 13.7. The van der Waals surface area contributed by atoms with Crippen LogP contribution in [0.5, 0.6) is 6.01 Å². The lowest BCUT2D eigenvalue weighted by atomic mass is 10.0. The molecule has 34 heavy (non-hydrogen) atoms. The van der Waals surface area contributed by atoms with Gasteiger partial charge in [0.25, 0.3) is 0 Å². The molecule has 180 valence electrons. The average molecular weight is 467 g/mol. The number of ether oxygens (including phenoxy) is 2. The largest absolute Gasteiger partial charge is 0.460 e. The van der Waals surface area contributed by atoms with Crippen LogP contribution >= 0.6 is 0 Å². The Kier molecular flexibility index (Phi) is 8.25. The molecule has 0 radical (unpaired) electrons. The van der Waals surface area contributed by atoms with Gasteiger partial charge in [-0.15, -0.1) is 5.10 Å². The van der Waals surface area contributed by atoms with Gasteiger partial charge in [-0.1, -0.05) is 37.8 Å². The fraction of sp³-hybridized carbons (Fsp3) is 0.423. The molecule has 1 N–H and O–H groups in total. The molecular formula is C26H31FN4O3. The van der Waals surface area contributed by atoms with Crippen molar-refractivity contribution in [3.63, 3.8) is 0 Å². The second-order valence-corrected chi connectivity index (χ2v) is 8.47. The first kappa shape index (κ1) is 23.9. The van der Waals surface area contributed by atoms with Gasteiger partial charge < -0.3 is 14.8 Å². The summed E-state index contributed by atoms with van der Waals surface area (Å²) in [6.45, 7) is 3.25. The third-order valence-corrected chi connectivity index (χ3v) is 5.98. The lowest BCUT2D eigenvalue weighted by Gasteiger charge is -2.10. The fourth-order valence-electron chi connectivity index (χ4n) is 4.23. The van der Waals surface area contributed by atoms with Crippen molar-refractivity contribution in [3.8, 4) is 23.1 Å². The van der Waals surface area contributed by atoms with E-state index in [1.165, 1.54) is 37.8 Å². The van der Waals surface area contributed by atoms with Crippen molar-refractivity contribution in [1.82, 2.24) is 14.8 Å². The first-order chi connectivity index (χ1) is 16.6. The molecule has 4 rings (SSSR count). The summed E-state index contributed by atoms with van der Waals surface area (Å²) < 4.78 is 26.4. The summed E-state index contributed by atoms with van der Waals surface area (Å²) in [5.41, 5.74) is 2.02. The van der Waals surface area contributed by atoms with Crippen LogP contribution in [0.1, 0.15) is 45.4 Å². The van der Waals surface area contributed by atoms with Gasteiger partial charge in [0.05, 0.1) is 12.3 Å². The zero-order chi connectivity index (χ0) is 23.8. The predicted octanol–water partition coefficient (Wildman–Crippen LogP) is 5.40. The topological polar surface area (TPSA) is 78.3 Å².